The molecule has 6 nitrogen and oxygen atoms in total. The molecule has 2 heterocycles. The van der Waals surface area contributed by atoms with Crippen LogP contribution in [-0.2, 0) is 21.4 Å². The van der Waals surface area contributed by atoms with Gasteiger partial charge in [-0.2, -0.15) is 5.10 Å². The highest BCUT2D eigenvalue weighted by Crippen LogP contribution is 2.37. The van der Waals surface area contributed by atoms with Crippen molar-refractivity contribution in [3.63, 3.8) is 0 Å². The number of carbonyl (C=O) groups is 2. The normalized spacial score (nSPS) is 15.3. The molecular weight excluding hydrogens is 397 g/mol. The molecule has 0 unspecified atom stereocenters. The van der Waals surface area contributed by atoms with Gasteiger partial charge in [-0.05, 0) is 44.9 Å². The van der Waals surface area contributed by atoms with Crippen molar-refractivity contribution in [2.75, 3.05) is 6.54 Å². The minimum absolute atomic E-state index is 0.221. The summed E-state index contributed by atoms with van der Waals surface area (Å²) in [5.74, 6) is -1.40. The minimum Gasteiger partial charge on any atom is -0.459 e. The van der Waals surface area contributed by atoms with Crippen LogP contribution in [0.5, 0.6) is 0 Å². The maximum Gasteiger partial charge on any atom is 0.342 e. The predicted molar refractivity (Wildman–Crippen MR) is 117 cm³/mol. The number of aromatic nitrogens is 2. The number of rotatable bonds is 6. The smallest absolute Gasteiger partial charge is 0.342 e. The van der Waals surface area contributed by atoms with Crippen LogP contribution in [0, 0.1) is 5.82 Å². The van der Waals surface area contributed by atoms with Gasteiger partial charge in [0, 0.05) is 29.3 Å². The van der Waals surface area contributed by atoms with Gasteiger partial charge in [-0.3, -0.25) is 9.89 Å². The first-order chi connectivity index (χ1) is 14.6. The molecule has 0 fully saturated rings. The monoisotopic (exact) mass is 427 g/mol. The number of nitrogens with zero attached hydrogens (tertiary/aromatic N) is 2. The molecule has 1 aromatic heterocycles. The molecule has 1 amide bonds. The standard InChI is InChI=1S/C24H30FN3O3/c1-6-7-11-19-20-21(27-26-19)18(23(30)31-15(2)3)13-28(14-24(20,4)5)22(29)16-9-8-10-17(25)12-16/h8-10,12-13,15H,6-7,11,14H2,1-5H3,(H,26,27). The molecular formula is C24H30FN3O3. The van der Waals surface area contributed by atoms with Crippen LogP contribution in [0.3, 0.4) is 0 Å². The highest BCUT2D eigenvalue weighted by Gasteiger charge is 2.38. The van der Waals surface area contributed by atoms with E-state index in [2.05, 4.69) is 17.1 Å². The molecule has 31 heavy (non-hydrogen) atoms. The van der Waals surface area contributed by atoms with E-state index in [0.717, 1.165) is 30.5 Å². The van der Waals surface area contributed by atoms with Crippen molar-refractivity contribution in [3.05, 3.63) is 58.8 Å². The summed E-state index contributed by atoms with van der Waals surface area (Å²) in [5.41, 5.74) is 2.36. The number of benzene rings is 1. The van der Waals surface area contributed by atoms with E-state index in [4.69, 9.17) is 4.74 Å². The number of H-pyrrole nitrogens is 1. The van der Waals surface area contributed by atoms with Gasteiger partial charge < -0.3 is 9.64 Å². The lowest BCUT2D eigenvalue weighted by Gasteiger charge is -2.30. The van der Waals surface area contributed by atoms with Crippen LogP contribution in [0.4, 0.5) is 4.39 Å². The molecule has 1 aromatic carbocycles. The first-order valence-corrected chi connectivity index (χ1v) is 10.7. The van der Waals surface area contributed by atoms with Crippen molar-refractivity contribution in [1.82, 2.24) is 15.1 Å². The van der Waals surface area contributed by atoms with Crippen LogP contribution in [0.15, 0.2) is 30.5 Å². The Morgan fingerprint density at radius 2 is 2.06 bits per heavy atom. The lowest BCUT2D eigenvalue weighted by Crippen LogP contribution is -2.37. The van der Waals surface area contributed by atoms with Gasteiger partial charge in [0.15, 0.2) is 0 Å². The summed E-state index contributed by atoms with van der Waals surface area (Å²) < 4.78 is 19.2. The number of esters is 1. The Morgan fingerprint density at radius 3 is 2.71 bits per heavy atom. The summed E-state index contributed by atoms with van der Waals surface area (Å²) in [4.78, 5) is 27.7. The Kier molecular flexibility index (Phi) is 6.62. The SMILES string of the molecule is CCCCc1n[nH]c2c1C(C)(C)CN(C(=O)c1cccc(F)c1)C=C2C(=O)OC(C)C. The maximum absolute atomic E-state index is 13.7. The molecule has 0 spiro atoms. The van der Waals surface area contributed by atoms with Gasteiger partial charge in [-0.15, -0.1) is 0 Å². The first-order valence-electron chi connectivity index (χ1n) is 10.7. The second kappa shape index (κ2) is 9.04. The summed E-state index contributed by atoms with van der Waals surface area (Å²) in [6, 6.07) is 5.56. The van der Waals surface area contributed by atoms with E-state index < -0.39 is 17.2 Å². The maximum atomic E-state index is 13.7. The summed E-state index contributed by atoms with van der Waals surface area (Å²) in [5, 5.41) is 7.52. The zero-order chi connectivity index (χ0) is 22.8. The Labute approximate surface area is 182 Å². The molecule has 0 saturated heterocycles. The number of nitrogens with one attached hydrogen (secondary N) is 1. The number of hydrogen-bond donors (Lipinski definition) is 1. The number of halogens is 1. The van der Waals surface area contributed by atoms with Gasteiger partial charge in [0.1, 0.15) is 11.4 Å². The van der Waals surface area contributed by atoms with E-state index in [-0.39, 0.29) is 23.1 Å². The average Bonchev–Trinajstić information content (AvgIpc) is 3.07. The summed E-state index contributed by atoms with van der Waals surface area (Å²) in [7, 11) is 0. The topological polar surface area (TPSA) is 75.3 Å². The lowest BCUT2D eigenvalue weighted by atomic mass is 9.81. The molecule has 1 aliphatic rings. The van der Waals surface area contributed by atoms with E-state index in [9.17, 15) is 14.0 Å². The van der Waals surface area contributed by atoms with E-state index in [1.165, 1.54) is 29.3 Å². The van der Waals surface area contributed by atoms with Gasteiger partial charge in [-0.1, -0.05) is 33.3 Å². The Morgan fingerprint density at radius 1 is 1.32 bits per heavy atom. The second-order valence-electron chi connectivity index (χ2n) is 8.85. The third kappa shape index (κ3) is 4.86. The van der Waals surface area contributed by atoms with Crippen LogP contribution in [-0.4, -0.2) is 39.6 Å². The highest BCUT2D eigenvalue weighted by atomic mass is 19.1. The van der Waals surface area contributed by atoms with Gasteiger partial charge in [-0.25, -0.2) is 9.18 Å². The second-order valence-corrected chi connectivity index (χ2v) is 8.85. The largest absolute Gasteiger partial charge is 0.459 e. The number of amides is 1. The molecule has 7 heteroatoms. The van der Waals surface area contributed by atoms with E-state index >= 15 is 0 Å². The Hall–Kier alpha value is -2.96. The van der Waals surface area contributed by atoms with Crippen LogP contribution < -0.4 is 0 Å². The fraction of sp³-hybridized carbons (Fsp3) is 0.458. The third-order valence-electron chi connectivity index (χ3n) is 5.30. The van der Waals surface area contributed by atoms with Crippen molar-refractivity contribution in [2.45, 2.75) is 65.4 Å². The van der Waals surface area contributed by atoms with Crippen molar-refractivity contribution in [1.29, 1.82) is 0 Å². The Balaban J connectivity index is 2.11. The average molecular weight is 428 g/mol. The van der Waals surface area contributed by atoms with Crippen LogP contribution in [0.2, 0.25) is 0 Å². The molecule has 0 bridgehead atoms. The number of aromatic amines is 1. The number of unbranched alkanes of at least 4 members (excludes halogenated alkanes) is 1. The van der Waals surface area contributed by atoms with Crippen molar-refractivity contribution >= 4 is 17.4 Å². The predicted octanol–water partition coefficient (Wildman–Crippen LogP) is 4.62. The molecule has 3 rings (SSSR count). The quantitative estimate of drug-likeness (QED) is 0.683. The summed E-state index contributed by atoms with van der Waals surface area (Å²) in [6.07, 6.45) is 3.95. The zero-order valence-electron chi connectivity index (χ0n) is 18.8. The minimum atomic E-state index is -0.531. The van der Waals surface area contributed by atoms with Gasteiger partial charge in [0.2, 0.25) is 0 Å². The molecule has 166 valence electrons. The summed E-state index contributed by atoms with van der Waals surface area (Å²) in [6.45, 7) is 10.0. The fourth-order valence-electron chi connectivity index (χ4n) is 3.95. The van der Waals surface area contributed by atoms with Crippen LogP contribution >= 0.6 is 0 Å². The van der Waals surface area contributed by atoms with Gasteiger partial charge >= 0.3 is 5.97 Å². The van der Waals surface area contributed by atoms with Crippen LogP contribution in [0.1, 0.15) is 74.8 Å². The van der Waals surface area contributed by atoms with Crippen molar-refractivity contribution in [3.8, 4) is 0 Å². The number of aryl methyl sites for hydroxylation is 1. The molecule has 1 aliphatic heterocycles. The molecule has 0 saturated carbocycles. The molecule has 0 radical (unpaired) electrons. The molecule has 2 aromatic rings. The van der Waals surface area contributed by atoms with Gasteiger partial charge in [0.05, 0.1) is 17.5 Å². The van der Waals surface area contributed by atoms with Gasteiger partial charge in [0.25, 0.3) is 5.91 Å². The fourth-order valence-corrected chi connectivity index (χ4v) is 3.95. The van der Waals surface area contributed by atoms with E-state index in [1.807, 2.05) is 13.8 Å². The first kappa shape index (κ1) is 22.7. The van der Waals surface area contributed by atoms with Crippen LogP contribution in [0.25, 0.3) is 5.57 Å². The Bertz CT molecular complexity index is 1010. The molecule has 0 atom stereocenters. The van der Waals surface area contributed by atoms with Crippen molar-refractivity contribution < 1.29 is 18.7 Å². The third-order valence-corrected chi connectivity index (χ3v) is 5.30. The number of fused-ring (bicyclic) bond motifs is 1. The molecule has 0 aliphatic carbocycles. The number of hydrogen-bond acceptors (Lipinski definition) is 4. The molecule has 1 N–H and O–H groups in total. The van der Waals surface area contributed by atoms with Crippen molar-refractivity contribution in [2.24, 2.45) is 0 Å². The lowest BCUT2D eigenvalue weighted by molar-refractivity contribution is -0.140. The number of ether oxygens (including phenoxy) is 1. The highest BCUT2D eigenvalue weighted by molar-refractivity contribution is 6.17. The number of carbonyl (C=O) groups excluding carboxylic acids is 2. The van der Waals surface area contributed by atoms with E-state index in [0.29, 0.717) is 12.2 Å². The summed E-state index contributed by atoms with van der Waals surface area (Å²) >= 11 is 0. The van der Waals surface area contributed by atoms with E-state index in [1.54, 1.807) is 19.9 Å². The zero-order valence-corrected chi connectivity index (χ0v) is 18.8.